The summed E-state index contributed by atoms with van der Waals surface area (Å²) in [5, 5.41) is 2.85. The lowest BCUT2D eigenvalue weighted by Gasteiger charge is -2.29. The molecule has 3 rings (SSSR count). The Balaban J connectivity index is 1.34. The predicted octanol–water partition coefficient (Wildman–Crippen LogP) is 3.55. The molecule has 6 nitrogen and oxygen atoms in total. The van der Waals surface area contributed by atoms with Gasteiger partial charge in [-0.15, -0.1) is 0 Å². The van der Waals surface area contributed by atoms with Crippen LogP contribution in [0.2, 0.25) is 0 Å². The Kier molecular flexibility index (Phi) is 7.68. The number of pyridine rings is 1. The first kappa shape index (κ1) is 21.1. The maximum Gasteiger partial charge on any atom is 0.217 e. The number of nitrogens with one attached hydrogen (secondary N) is 1. The third kappa shape index (κ3) is 7.06. The number of hydrogen-bond acceptors (Lipinski definition) is 5. The summed E-state index contributed by atoms with van der Waals surface area (Å²) >= 11 is 0. The van der Waals surface area contributed by atoms with E-state index < -0.39 is 0 Å². The summed E-state index contributed by atoms with van der Waals surface area (Å²) in [4.78, 5) is 15.5. The van der Waals surface area contributed by atoms with Crippen molar-refractivity contribution in [1.29, 1.82) is 0 Å². The summed E-state index contributed by atoms with van der Waals surface area (Å²) in [6.45, 7) is 7.54. The predicted molar refractivity (Wildman–Crippen MR) is 107 cm³/mol. The molecule has 2 aliphatic rings. The Bertz CT molecular complexity index is 639. The van der Waals surface area contributed by atoms with E-state index in [-0.39, 0.29) is 24.2 Å². The number of aryl methyl sites for hydroxylation is 1. The molecule has 2 aliphatic carbocycles. The number of carbonyl (C=O) groups is 1. The second-order valence-electron chi connectivity index (χ2n) is 8.35. The molecule has 1 amide bonds. The van der Waals surface area contributed by atoms with Crippen molar-refractivity contribution in [3.8, 4) is 5.88 Å². The van der Waals surface area contributed by atoms with Crippen molar-refractivity contribution in [2.24, 2.45) is 5.92 Å². The summed E-state index contributed by atoms with van der Waals surface area (Å²) < 4.78 is 17.8. The highest BCUT2D eigenvalue weighted by Crippen LogP contribution is 2.29. The number of nitrogens with zero attached hydrogens (tertiary/aromatic N) is 1. The van der Waals surface area contributed by atoms with Gasteiger partial charge in [0.1, 0.15) is 0 Å². The fraction of sp³-hybridized carbons (Fsp3) is 0.727. The quantitative estimate of drug-likeness (QED) is 0.662. The molecule has 0 aromatic carbocycles. The van der Waals surface area contributed by atoms with Crippen molar-refractivity contribution in [1.82, 2.24) is 10.3 Å². The third-order valence-electron chi connectivity index (χ3n) is 5.49. The van der Waals surface area contributed by atoms with Crippen LogP contribution in [0.1, 0.15) is 63.5 Å². The number of hydrogen-bond donors (Lipinski definition) is 1. The summed E-state index contributed by atoms with van der Waals surface area (Å²) in [6.07, 6.45) is 9.02. The first-order chi connectivity index (χ1) is 13.5. The molecule has 0 radical (unpaired) electrons. The van der Waals surface area contributed by atoms with E-state index in [1.54, 1.807) is 0 Å². The topological polar surface area (TPSA) is 69.7 Å². The van der Waals surface area contributed by atoms with Gasteiger partial charge in [0.15, 0.2) is 0 Å². The van der Waals surface area contributed by atoms with E-state index in [0.29, 0.717) is 13.2 Å². The molecule has 6 heteroatoms. The van der Waals surface area contributed by atoms with Crippen molar-refractivity contribution in [3.63, 3.8) is 0 Å². The zero-order valence-corrected chi connectivity index (χ0v) is 17.4. The van der Waals surface area contributed by atoms with Gasteiger partial charge >= 0.3 is 0 Å². The molecule has 0 saturated heterocycles. The van der Waals surface area contributed by atoms with Crippen LogP contribution >= 0.6 is 0 Å². The van der Waals surface area contributed by atoms with Gasteiger partial charge in [0.05, 0.1) is 32.0 Å². The van der Waals surface area contributed by atoms with E-state index in [4.69, 9.17) is 14.2 Å². The van der Waals surface area contributed by atoms with E-state index in [1.807, 2.05) is 19.2 Å². The van der Waals surface area contributed by atoms with Gasteiger partial charge in [-0.05, 0) is 69.4 Å². The van der Waals surface area contributed by atoms with E-state index in [0.717, 1.165) is 49.7 Å². The molecule has 1 aromatic rings. The molecule has 2 fully saturated rings. The third-order valence-corrected chi connectivity index (χ3v) is 5.49. The largest absolute Gasteiger partial charge is 0.477 e. The summed E-state index contributed by atoms with van der Waals surface area (Å²) in [6, 6.07) is 2.07. The Morgan fingerprint density at radius 2 is 1.86 bits per heavy atom. The smallest absolute Gasteiger partial charge is 0.217 e. The van der Waals surface area contributed by atoms with Crippen LogP contribution in [0.4, 0.5) is 0 Å². The van der Waals surface area contributed by atoms with Crippen LogP contribution in [0.3, 0.4) is 0 Å². The fourth-order valence-corrected chi connectivity index (χ4v) is 3.52. The number of ether oxygens (including phenoxy) is 3. The van der Waals surface area contributed by atoms with Gasteiger partial charge in [-0.25, -0.2) is 4.98 Å². The van der Waals surface area contributed by atoms with Crippen LogP contribution < -0.4 is 10.1 Å². The fourth-order valence-electron chi connectivity index (χ4n) is 3.52. The highest BCUT2D eigenvalue weighted by molar-refractivity contribution is 5.73. The lowest BCUT2D eigenvalue weighted by atomic mass is 9.95. The van der Waals surface area contributed by atoms with Crippen molar-refractivity contribution in [2.45, 2.75) is 84.2 Å². The first-order valence-corrected chi connectivity index (χ1v) is 10.6. The van der Waals surface area contributed by atoms with Crippen molar-refractivity contribution in [2.75, 3.05) is 13.2 Å². The zero-order chi connectivity index (χ0) is 19.9. The van der Waals surface area contributed by atoms with Crippen molar-refractivity contribution < 1.29 is 19.0 Å². The average Bonchev–Trinajstić information content (AvgIpc) is 3.49. The van der Waals surface area contributed by atoms with Gasteiger partial charge in [-0.2, -0.15) is 0 Å². The zero-order valence-electron chi connectivity index (χ0n) is 17.4. The van der Waals surface area contributed by atoms with E-state index in [9.17, 15) is 4.79 Å². The maximum atomic E-state index is 11.0. The monoisotopic (exact) mass is 390 g/mol. The molecule has 1 N–H and O–H groups in total. The Hall–Kier alpha value is -1.66. The van der Waals surface area contributed by atoms with Crippen LogP contribution in [0.25, 0.3) is 0 Å². The van der Waals surface area contributed by atoms with Gasteiger partial charge in [0, 0.05) is 25.2 Å². The summed E-state index contributed by atoms with van der Waals surface area (Å²) in [5.74, 6) is 1.44. The molecule has 156 valence electrons. The van der Waals surface area contributed by atoms with Crippen LogP contribution in [0.15, 0.2) is 12.3 Å². The van der Waals surface area contributed by atoms with Crippen molar-refractivity contribution in [3.05, 3.63) is 23.4 Å². The highest BCUT2D eigenvalue weighted by atomic mass is 16.5. The van der Waals surface area contributed by atoms with Crippen LogP contribution in [-0.4, -0.2) is 42.4 Å². The van der Waals surface area contributed by atoms with Crippen molar-refractivity contribution >= 4 is 5.91 Å². The Morgan fingerprint density at radius 3 is 2.46 bits per heavy atom. The van der Waals surface area contributed by atoms with E-state index >= 15 is 0 Å². The van der Waals surface area contributed by atoms with E-state index in [2.05, 4.69) is 17.2 Å². The Morgan fingerprint density at radius 1 is 1.18 bits per heavy atom. The molecule has 1 heterocycles. The molecule has 0 unspecified atom stereocenters. The first-order valence-electron chi connectivity index (χ1n) is 10.6. The molecular weight excluding hydrogens is 356 g/mol. The second kappa shape index (κ2) is 10.2. The minimum absolute atomic E-state index is 0.0134. The van der Waals surface area contributed by atoms with Crippen LogP contribution in [-0.2, 0) is 20.9 Å². The molecule has 0 bridgehead atoms. The highest BCUT2D eigenvalue weighted by Gasteiger charge is 2.24. The van der Waals surface area contributed by atoms with Gasteiger partial charge < -0.3 is 19.5 Å². The van der Waals surface area contributed by atoms with Gasteiger partial charge in [-0.1, -0.05) is 0 Å². The standard InChI is InChI=1S/C22H34N2O4/c1-15-10-22(28-13-18-4-5-18)23-11-19(15)14-27-21-8-6-20(7-9-21)26-12-16(2)24-17(3)25/h10-11,16,18,20-21H,4-9,12-14H2,1-3H3,(H,24,25)/t16-,20?,21?/m0/s1. The minimum Gasteiger partial charge on any atom is -0.477 e. The number of amides is 1. The molecule has 2 saturated carbocycles. The molecule has 1 atom stereocenters. The summed E-state index contributed by atoms with van der Waals surface area (Å²) in [7, 11) is 0. The molecule has 0 spiro atoms. The normalized spacial score (nSPS) is 23.2. The minimum atomic E-state index is -0.0134. The van der Waals surface area contributed by atoms with Crippen LogP contribution in [0.5, 0.6) is 5.88 Å². The SMILES string of the molecule is CC(=O)N[C@@H](C)COC1CCC(OCc2cnc(OCC3CC3)cc2C)CC1. The van der Waals surface area contributed by atoms with Gasteiger partial charge in [0.2, 0.25) is 11.8 Å². The molecule has 1 aromatic heterocycles. The molecule has 0 aliphatic heterocycles. The van der Waals surface area contributed by atoms with Gasteiger partial charge in [-0.3, -0.25) is 4.79 Å². The molecular formula is C22H34N2O4. The average molecular weight is 391 g/mol. The number of carbonyl (C=O) groups excluding carboxylic acids is 1. The molecule has 28 heavy (non-hydrogen) atoms. The van der Waals surface area contributed by atoms with Crippen LogP contribution in [0, 0.1) is 12.8 Å². The number of aromatic nitrogens is 1. The second-order valence-corrected chi connectivity index (χ2v) is 8.35. The van der Waals surface area contributed by atoms with E-state index in [1.165, 1.54) is 25.3 Å². The lowest BCUT2D eigenvalue weighted by Crippen LogP contribution is -2.36. The number of rotatable bonds is 10. The Labute approximate surface area is 168 Å². The summed E-state index contributed by atoms with van der Waals surface area (Å²) in [5.41, 5.74) is 2.30. The lowest BCUT2D eigenvalue weighted by molar-refractivity contribution is -0.120. The van der Waals surface area contributed by atoms with Gasteiger partial charge in [0.25, 0.3) is 0 Å². The maximum absolute atomic E-state index is 11.0.